The average Bonchev–Trinajstić information content (AvgIpc) is 2.91. The van der Waals surface area contributed by atoms with Crippen LogP contribution < -0.4 is 5.32 Å². The molecule has 1 saturated carbocycles. The summed E-state index contributed by atoms with van der Waals surface area (Å²) in [7, 11) is 1.76. The monoisotopic (exact) mass is 367 g/mol. The largest absolute Gasteiger partial charge is 0.337 e. The van der Waals surface area contributed by atoms with Crippen LogP contribution in [-0.2, 0) is 11.3 Å². The highest BCUT2D eigenvalue weighted by atomic mass is 79.9. The minimum atomic E-state index is -0.709. The van der Waals surface area contributed by atoms with Crippen LogP contribution in [0, 0.1) is 17.1 Å². The second kappa shape index (κ2) is 7.21. The summed E-state index contributed by atoms with van der Waals surface area (Å²) < 4.78 is 14.5. The first-order valence-corrected chi connectivity index (χ1v) is 8.08. The van der Waals surface area contributed by atoms with Crippen LogP contribution in [0.25, 0.3) is 0 Å². The van der Waals surface area contributed by atoms with Crippen molar-refractivity contribution in [3.8, 4) is 6.07 Å². The minimum Gasteiger partial charge on any atom is -0.337 e. The first-order chi connectivity index (χ1) is 10.4. The number of hydrogen-bond donors (Lipinski definition) is 1. The molecule has 118 valence electrons. The van der Waals surface area contributed by atoms with Gasteiger partial charge in [0.1, 0.15) is 11.4 Å². The summed E-state index contributed by atoms with van der Waals surface area (Å²) in [5.74, 6) is -0.485. The Morgan fingerprint density at radius 3 is 2.82 bits per heavy atom. The van der Waals surface area contributed by atoms with Crippen molar-refractivity contribution in [2.45, 2.75) is 37.8 Å². The molecule has 0 atom stereocenters. The van der Waals surface area contributed by atoms with Crippen LogP contribution in [0.5, 0.6) is 0 Å². The van der Waals surface area contributed by atoms with Crippen molar-refractivity contribution in [2.24, 2.45) is 0 Å². The number of carbonyl (C=O) groups is 1. The molecule has 1 N–H and O–H groups in total. The van der Waals surface area contributed by atoms with E-state index in [1.165, 1.54) is 6.07 Å². The van der Waals surface area contributed by atoms with Crippen LogP contribution in [0.3, 0.4) is 0 Å². The lowest BCUT2D eigenvalue weighted by molar-refractivity contribution is -0.123. The molecule has 22 heavy (non-hydrogen) atoms. The first-order valence-electron chi connectivity index (χ1n) is 7.29. The van der Waals surface area contributed by atoms with Crippen LogP contribution in [0.15, 0.2) is 22.7 Å². The predicted molar refractivity (Wildman–Crippen MR) is 85.4 cm³/mol. The van der Waals surface area contributed by atoms with Gasteiger partial charge >= 0.3 is 0 Å². The fraction of sp³-hybridized carbons (Fsp3) is 0.500. The third-order valence-electron chi connectivity index (χ3n) is 3.91. The Morgan fingerprint density at radius 2 is 2.18 bits per heavy atom. The highest BCUT2D eigenvalue weighted by molar-refractivity contribution is 9.10. The topological polar surface area (TPSA) is 56.1 Å². The zero-order valence-corrected chi connectivity index (χ0v) is 14.1. The van der Waals surface area contributed by atoms with E-state index in [2.05, 4.69) is 27.3 Å². The molecule has 0 bridgehead atoms. The third-order valence-corrected chi connectivity index (χ3v) is 4.40. The number of nitrogens with one attached hydrogen (secondary N) is 1. The van der Waals surface area contributed by atoms with Gasteiger partial charge in [-0.1, -0.05) is 15.9 Å². The molecule has 0 unspecified atom stereocenters. The van der Waals surface area contributed by atoms with Crippen molar-refractivity contribution in [3.05, 3.63) is 34.1 Å². The summed E-state index contributed by atoms with van der Waals surface area (Å²) in [5, 5.41) is 12.1. The van der Waals surface area contributed by atoms with Crippen LogP contribution in [0.4, 0.5) is 4.39 Å². The zero-order valence-electron chi connectivity index (χ0n) is 12.5. The lowest BCUT2D eigenvalue weighted by atomic mass is 10.00. The van der Waals surface area contributed by atoms with E-state index in [0.717, 1.165) is 17.3 Å². The number of likely N-dealkylation sites (N-methyl/N-ethyl adjacent to an activating group) is 1. The summed E-state index contributed by atoms with van der Waals surface area (Å²) in [5.41, 5.74) is -0.181. The average molecular weight is 368 g/mol. The zero-order chi connectivity index (χ0) is 16.2. The summed E-state index contributed by atoms with van der Waals surface area (Å²) in [6.07, 6.45) is 3.35. The number of rotatable bonds is 5. The van der Waals surface area contributed by atoms with E-state index in [4.69, 9.17) is 0 Å². The fourth-order valence-corrected chi connectivity index (χ4v) is 3.21. The van der Waals surface area contributed by atoms with Gasteiger partial charge < -0.3 is 5.32 Å². The maximum absolute atomic E-state index is 13.7. The number of nitriles is 1. The normalized spacial score (nSPS) is 16.5. The van der Waals surface area contributed by atoms with E-state index in [0.29, 0.717) is 24.9 Å². The number of amides is 1. The van der Waals surface area contributed by atoms with Crippen molar-refractivity contribution >= 4 is 21.8 Å². The summed E-state index contributed by atoms with van der Waals surface area (Å²) in [4.78, 5) is 13.8. The Morgan fingerprint density at radius 1 is 1.50 bits per heavy atom. The predicted octanol–water partition coefficient (Wildman–Crippen LogP) is 2.97. The standard InChI is InChI=1S/C16H19BrFN3O/c1-21(9-12-8-13(17)4-5-14(12)18)10-15(22)20-16(11-19)6-2-3-7-16/h4-5,8H,2-3,6-7,9-10H2,1H3,(H,20,22). The van der Waals surface area contributed by atoms with Gasteiger partial charge in [-0.3, -0.25) is 9.69 Å². The van der Waals surface area contributed by atoms with Gasteiger partial charge in [0.15, 0.2) is 0 Å². The van der Waals surface area contributed by atoms with E-state index in [-0.39, 0.29) is 18.3 Å². The molecule has 1 amide bonds. The Hall–Kier alpha value is -1.45. The molecule has 1 fully saturated rings. The van der Waals surface area contributed by atoms with E-state index in [1.807, 2.05) is 0 Å². The lowest BCUT2D eigenvalue weighted by Crippen LogP contribution is -2.48. The second-order valence-electron chi connectivity index (χ2n) is 5.86. The molecule has 0 spiro atoms. The summed E-state index contributed by atoms with van der Waals surface area (Å²) in [6, 6.07) is 6.98. The number of benzene rings is 1. The highest BCUT2D eigenvalue weighted by Crippen LogP contribution is 2.28. The Kier molecular flexibility index (Phi) is 5.54. The van der Waals surface area contributed by atoms with Gasteiger partial charge in [-0.05, 0) is 50.9 Å². The Labute approximate surface area is 138 Å². The van der Waals surface area contributed by atoms with Gasteiger partial charge in [-0.25, -0.2) is 4.39 Å². The van der Waals surface area contributed by atoms with Crippen molar-refractivity contribution in [3.63, 3.8) is 0 Å². The molecule has 0 aromatic heterocycles. The molecule has 0 heterocycles. The molecule has 1 aromatic rings. The number of halogens is 2. The van der Waals surface area contributed by atoms with Gasteiger partial charge in [0, 0.05) is 16.6 Å². The molecule has 1 aliphatic carbocycles. The number of nitrogens with zero attached hydrogens (tertiary/aromatic N) is 2. The van der Waals surface area contributed by atoms with Gasteiger partial charge in [0.25, 0.3) is 0 Å². The van der Waals surface area contributed by atoms with E-state index in [1.54, 1.807) is 24.1 Å². The molecule has 2 rings (SSSR count). The number of carbonyl (C=O) groups excluding carboxylic acids is 1. The summed E-state index contributed by atoms with van der Waals surface area (Å²) in [6.45, 7) is 0.466. The van der Waals surface area contributed by atoms with Gasteiger partial charge in [0.2, 0.25) is 5.91 Å². The second-order valence-corrected chi connectivity index (χ2v) is 6.77. The first kappa shape index (κ1) is 16.9. The quantitative estimate of drug-likeness (QED) is 0.870. The highest BCUT2D eigenvalue weighted by Gasteiger charge is 2.35. The van der Waals surface area contributed by atoms with E-state index >= 15 is 0 Å². The van der Waals surface area contributed by atoms with Gasteiger partial charge in [0.05, 0.1) is 12.6 Å². The van der Waals surface area contributed by atoms with Crippen LogP contribution >= 0.6 is 15.9 Å². The van der Waals surface area contributed by atoms with E-state index < -0.39 is 5.54 Å². The number of hydrogen-bond acceptors (Lipinski definition) is 3. The molecular weight excluding hydrogens is 349 g/mol. The molecule has 6 heteroatoms. The minimum absolute atomic E-state index is 0.134. The molecule has 4 nitrogen and oxygen atoms in total. The van der Waals surface area contributed by atoms with Crippen molar-refractivity contribution in [1.29, 1.82) is 5.26 Å². The van der Waals surface area contributed by atoms with Gasteiger partial charge in [-0.2, -0.15) is 5.26 Å². The van der Waals surface area contributed by atoms with Crippen molar-refractivity contribution in [1.82, 2.24) is 10.2 Å². The lowest BCUT2D eigenvalue weighted by Gasteiger charge is -2.24. The maximum atomic E-state index is 13.7. The smallest absolute Gasteiger partial charge is 0.235 e. The van der Waals surface area contributed by atoms with Gasteiger partial charge in [-0.15, -0.1) is 0 Å². The summed E-state index contributed by atoms with van der Waals surface area (Å²) >= 11 is 3.31. The van der Waals surface area contributed by atoms with Crippen molar-refractivity contribution < 1.29 is 9.18 Å². The molecular formula is C16H19BrFN3O. The molecule has 1 aromatic carbocycles. The SMILES string of the molecule is CN(CC(=O)NC1(C#N)CCCC1)Cc1cc(Br)ccc1F. The van der Waals surface area contributed by atoms with Crippen LogP contribution in [-0.4, -0.2) is 29.9 Å². The third kappa shape index (κ3) is 4.28. The van der Waals surface area contributed by atoms with Crippen LogP contribution in [0.2, 0.25) is 0 Å². The van der Waals surface area contributed by atoms with E-state index in [9.17, 15) is 14.4 Å². The molecule has 0 saturated heterocycles. The Balaban J connectivity index is 1.91. The molecule has 0 aliphatic heterocycles. The molecule has 1 aliphatic rings. The Bertz CT molecular complexity index is 594. The van der Waals surface area contributed by atoms with Crippen molar-refractivity contribution in [2.75, 3.05) is 13.6 Å². The maximum Gasteiger partial charge on any atom is 0.235 e. The fourth-order valence-electron chi connectivity index (χ4n) is 2.81. The van der Waals surface area contributed by atoms with Crippen LogP contribution in [0.1, 0.15) is 31.2 Å². The molecule has 0 radical (unpaired) electrons.